The number of hydrogen-bond acceptors (Lipinski definition) is 0. The number of unbranched alkanes of at least 4 members (excludes halogenated alkanes) is 1. The van der Waals surface area contributed by atoms with Crippen LogP contribution in [0.3, 0.4) is 0 Å². The summed E-state index contributed by atoms with van der Waals surface area (Å²) < 4.78 is 0. The molecule has 0 aliphatic heterocycles. The summed E-state index contributed by atoms with van der Waals surface area (Å²) in [4.78, 5) is 0. The van der Waals surface area contributed by atoms with Gasteiger partial charge in [0.25, 0.3) is 0 Å². The Morgan fingerprint density at radius 1 is 1.60 bits per heavy atom. The Bertz CT molecular complexity index is 111. The van der Waals surface area contributed by atoms with Crippen LogP contribution in [0, 0.1) is 5.92 Å². The van der Waals surface area contributed by atoms with Crippen LogP contribution in [0.4, 0.5) is 0 Å². The number of rotatable bonds is 5. The quantitative estimate of drug-likeness (QED) is 0.510. The summed E-state index contributed by atoms with van der Waals surface area (Å²) in [6.07, 6.45) is 5.68. The van der Waals surface area contributed by atoms with E-state index in [-0.39, 0.29) is 0 Å². The van der Waals surface area contributed by atoms with Crippen molar-refractivity contribution in [3.05, 3.63) is 24.8 Å². The first kappa shape index (κ1) is 9.48. The van der Waals surface area contributed by atoms with E-state index in [0.717, 1.165) is 0 Å². The fourth-order valence-corrected chi connectivity index (χ4v) is 0.897. The van der Waals surface area contributed by atoms with E-state index in [2.05, 4.69) is 27.0 Å². The van der Waals surface area contributed by atoms with E-state index in [9.17, 15) is 0 Å². The molecular formula is C10H18. The van der Waals surface area contributed by atoms with Crippen LogP contribution in [0.5, 0.6) is 0 Å². The highest BCUT2D eigenvalue weighted by Gasteiger charge is 2.00. The van der Waals surface area contributed by atoms with Gasteiger partial charge in [-0.25, -0.2) is 0 Å². The molecule has 58 valence electrons. The highest BCUT2D eigenvalue weighted by atomic mass is 14.1. The molecule has 10 heavy (non-hydrogen) atoms. The molecule has 0 nitrogen and oxygen atoms in total. The summed E-state index contributed by atoms with van der Waals surface area (Å²) in [5, 5.41) is 0. The van der Waals surface area contributed by atoms with Gasteiger partial charge in [0.2, 0.25) is 0 Å². The largest absolute Gasteiger partial charge is 0.0988 e. The molecule has 0 aliphatic carbocycles. The summed E-state index contributed by atoms with van der Waals surface area (Å²) in [7, 11) is 0. The Hall–Kier alpha value is -0.520. The maximum absolute atomic E-state index is 3.91. The van der Waals surface area contributed by atoms with Gasteiger partial charge in [0, 0.05) is 0 Å². The minimum atomic E-state index is 0.623. The van der Waals surface area contributed by atoms with Crippen LogP contribution in [-0.4, -0.2) is 0 Å². The molecule has 0 saturated carbocycles. The molecular weight excluding hydrogens is 120 g/mol. The van der Waals surface area contributed by atoms with E-state index in [4.69, 9.17) is 0 Å². The Labute approximate surface area is 64.6 Å². The summed E-state index contributed by atoms with van der Waals surface area (Å²) in [6, 6.07) is 0. The molecule has 0 bridgehead atoms. The molecule has 0 heteroatoms. The van der Waals surface area contributed by atoms with Crippen molar-refractivity contribution in [2.24, 2.45) is 5.92 Å². The van der Waals surface area contributed by atoms with E-state index in [1.54, 1.807) is 0 Å². The highest BCUT2D eigenvalue weighted by Crippen LogP contribution is 2.15. The summed E-state index contributed by atoms with van der Waals surface area (Å²) >= 11 is 0. The Morgan fingerprint density at radius 3 is 2.60 bits per heavy atom. The summed E-state index contributed by atoms with van der Waals surface area (Å²) in [6.45, 7) is 12.0. The molecule has 0 saturated heterocycles. The van der Waals surface area contributed by atoms with Crippen LogP contribution >= 0.6 is 0 Å². The van der Waals surface area contributed by atoms with Gasteiger partial charge in [-0.2, -0.15) is 0 Å². The molecule has 0 amide bonds. The highest BCUT2D eigenvalue weighted by molar-refractivity contribution is 5.13. The van der Waals surface area contributed by atoms with Crippen molar-refractivity contribution in [1.29, 1.82) is 0 Å². The second kappa shape index (κ2) is 5.28. The van der Waals surface area contributed by atoms with E-state index in [1.807, 2.05) is 6.08 Å². The zero-order valence-electron chi connectivity index (χ0n) is 7.19. The molecule has 0 aromatic heterocycles. The van der Waals surface area contributed by atoms with Gasteiger partial charge in [0.05, 0.1) is 0 Å². The lowest BCUT2D eigenvalue weighted by atomic mass is 9.97. The van der Waals surface area contributed by atoms with Gasteiger partial charge in [-0.3, -0.25) is 0 Å². The second-order valence-corrected chi connectivity index (χ2v) is 2.82. The fourth-order valence-electron chi connectivity index (χ4n) is 0.897. The molecule has 1 unspecified atom stereocenters. The monoisotopic (exact) mass is 138 g/mol. The Morgan fingerprint density at radius 2 is 2.20 bits per heavy atom. The van der Waals surface area contributed by atoms with Crippen molar-refractivity contribution in [2.75, 3.05) is 0 Å². The van der Waals surface area contributed by atoms with Crippen molar-refractivity contribution in [3.63, 3.8) is 0 Å². The van der Waals surface area contributed by atoms with E-state index >= 15 is 0 Å². The average Bonchev–Trinajstić information content (AvgIpc) is 1.98. The third-order valence-electron chi connectivity index (χ3n) is 1.89. The third-order valence-corrected chi connectivity index (χ3v) is 1.89. The molecule has 0 fully saturated rings. The predicted molar refractivity (Wildman–Crippen MR) is 48.0 cm³/mol. The maximum Gasteiger partial charge on any atom is -0.0196 e. The Balaban J connectivity index is 3.51. The van der Waals surface area contributed by atoms with Crippen molar-refractivity contribution in [1.82, 2.24) is 0 Å². The van der Waals surface area contributed by atoms with Crippen LogP contribution in [0.15, 0.2) is 24.8 Å². The molecule has 0 heterocycles. The lowest BCUT2D eigenvalue weighted by molar-refractivity contribution is 0.582. The molecule has 0 aromatic rings. The van der Waals surface area contributed by atoms with E-state index in [1.165, 1.54) is 24.8 Å². The Kier molecular flexibility index (Phi) is 5.00. The van der Waals surface area contributed by atoms with Crippen LogP contribution in [0.2, 0.25) is 0 Å². The van der Waals surface area contributed by atoms with E-state index in [0.29, 0.717) is 5.92 Å². The van der Waals surface area contributed by atoms with Gasteiger partial charge in [-0.05, 0) is 12.3 Å². The lowest BCUT2D eigenvalue weighted by Gasteiger charge is -2.09. The van der Waals surface area contributed by atoms with Crippen molar-refractivity contribution >= 4 is 0 Å². The zero-order chi connectivity index (χ0) is 7.98. The minimum Gasteiger partial charge on any atom is -0.0988 e. The smallest absolute Gasteiger partial charge is 0.0196 e. The predicted octanol–water partition coefficient (Wildman–Crippen LogP) is 3.55. The average molecular weight is 138 g/mol. The van der Waals surface area contributed by atoms with Gasteiger partial charge in [-0.1, -0.05) is 51.5 Å². The van der Waals surface area contributed by atoms with Crippen molar-refractivity contribution < 1.29 is 0 Å². The van der Waals surface area contributed by atoms with Crippen molar-refractivity contribution in [2.45, 2.75) is 33.1 Å². The normalized spacial score (nSPS) is 12.6. The first-order valence-corrected chi connectivity index (χ1v) is 4.03. The van der Waals surface area contributed by atoms with Gasteiger partial charge >= 0.3 is 0 Å². The number of hydrogen-bond donors (Lipinski definition) is 0. The molecule has 0 N–H and O–H groups in total. The van der Waals surface area contributed by atoms with Gasteiger partial charge in [0.1, 0.15) is 0 Å². The number of allylic oxidation sites excluding steroid dienone is 2. The van der Waals surface area contributed by atoms with Gasteiger partial charge in [-0.15, -0.1) is 0 Å². The molecule has 1 atom stereocenters. The molecule has 0 rings (SSSR count). The first-order chi connectivity index (χ1) is 4.72. The van der Waals surface area contributed by atoms with Crippen LogP contribution < -0.4 is 0 Å². The molecule has 0 aliphatic rings. The molecule has 0 spiro atoms. The molecule has 0 radical (unpaired) electrons. The van der Waals surface area contributed by atoms with E-state index < -0.39 is 0 Å². The summed E-state index contributed by atoms with van der Waals surface area (Å²) in [5.41, 5.74) is 1.17. The SMILES string of the molecule is C=CC(=C)C(C)CCCC. The minimum absolute atomic E-state index is 0.623. The standard InChI is InChI=1S/C10H18/c1-5-7-8-10(4)9(3)6-2/h6,10H,2-3,5,7-8H2,1,4H3. The topological polar surface area (TPSA) is 0 Å². The first-order valence-electron chi connectivity index (χ1n) is 4.03. The zero-order valence-corrected chi connectivity index (χ0v) is 7.19. The van der Waals surface area contributed by atoms with Gasteiger partial charge < -0.3 is 0 Å². The fraction of sp³-hybridized carbons (Fsp3) is 0.600. The van der Waals surface area contributed by atoms with Crippen LogP contribution in [0.25, 0.3) is 0 Å². The summed E-state index contributed by atoms with van der Waals surface area (Å²) in [5.74, 6) is 0.623. The van der Waals surface area contributed by atoms with Crippen molar-refractivity contribution in [3.8, 4) is 0 Å². The second-order valence-electron chi connectivity index (χ2n) is 2.82. The third kappa shape index (κ3) is 3.49. The maximum atomic E-state index is 3.91. The molecule has 0 aromatic carbocycles. The van der Waals surface area contributed by atoms with Gasteiger partial charge in [0.15, 0.2) is 0 Å². The lowest BCUT2D eigenvalue weighted by Crippen LogP contribution is -1.94. The van der Waals surface area contributed by atoms with Crippen LogP contribution in [-0.2, 0) is 0 Å². The van der Waals surface area contributed by atoms with Crippen LogP contribution in [0.1, 0.15) is 33.1 Å².